The second-order valence-electron chi connectivity index (χ2n) is 5.30. The number of methoxy groups -OCH3 is 1. The van der Waals surface area contributed by atoms with Crippen molar-refractivity contribution in [3.8, 4) is 11.8 Å². The van der Waals surface area contributed by atoms with Crippen molar-refractivity contribution in [2.75, 3.05) is 12.4 Å². The summed E-state index contributed by atoms with van der Waals surface area (Å²) < 4.78 is 20.8. The van der Waals surface area contributed by atoms with Crippen molar-refractivity contribution in [2.24, 2.45) is 14.1 Å². The fourth-order valence-corrected chi connectivity index (χ4v) is 2.35. The maximum atomic E-state index is 13.8. The lowest BCUT2D eigenvalue weighted by Crippen LogP contribution is -2.40. The lowest BCUT2D eigenvalue weighted by molar-refractivity contribution is 0.386. The van der Waals surface area contributed by atoms with Crippen LogP contribution in [0, 0.1) is 17.1 Å². The number of nitrogens with one attached hydrogen (secondary N) is 1. The first-order valence-corrected chi connectivity index (χ1v) is 7.11. The Morgan fingerprint density at radius 3 is 2.50 bits per heavy atom. The third-order valence-corrected chi connectivity index (χ3v) is 3.81. The summed E-state index contributed by atoms with van der Waals surface area (Å²) in [5.41, 5.74) is -0.850. The molecule has 2 aromatic rings. The van der Waals surface area contributed by atoms with Gasteiger partial charge >= 0.3 is 5.69 Å². The zero-order valence-electron chi connectivity index (χ0n) is 13.8. The highest BCUT2D eigenvalue weighted by Gasteiger charge is 2.18. The van der Waals surface area contributed by atoms with E-state index < -0.39 is 23.1 Å². The summed E-state index contributed by atoms with van der Waals surface area (Å²) in [6, 6.07) is 5.79. The van der Waals surface area contributed by atoms with Crippen LogP contribution in [0.2, 0.25) is 0 Å². The molecule has 7 nitrogen and oxygen atoms in total. The second-order valence-corrected chi connectivity index (χ2v) is 5.30. The Kier molecular flexibility index (Phi) is 4.74. The van der Waals surface area contributed by atoms with E-state index in [-0.39, 0.29) is 17.1 Å². The van der Waals surface area contributed by atoms with Gasteiger partial charge in [0, 0.05) is 14.1 Å². The van der Waals surface area contributed by atoms with Crippen molar-refractivity contribution in [2.45, 2.75) is 13.0 Å². The predicted octanol–water partition coefficient (Wildman–Crippen LogP) is 1.28. The molecule has 8 heteroatoms. The number of nitrogens with zero attached hydrogens (tertiary/aromatic N) is 3. The maximum Gasteiger partial charge on any atom is 0.332 e. The van der Waals surface area contributed by atoms with E-state index in [1.807, 2.05) is 6.07 Å². The number of anilines is 1. The highest BCUT2D eigenvalue weighted by molar-refractivity contribution is 5.52. The Balaban J connectivity index is 2.48. The van der Waals surface area contributed by atoms with Gasteiger partial charge in [-0.05, 0) is 24.6 Å². The van der Waals surface area contributed by atoms with Crippen LogP contribution in [0.1, 0.15) is 24.1 Å². The number of hydrogen-bond acceptors (Lipinski definition) is 5. The van der Waals surface area contributed by atoms with Crippen molar-refractivity contribution in [1.29, 1.82) is 5.26 Å². The molecule has 1 aromatic carbocycles. The fourth-order valence-electron chi connectivity index (χ4n) is 2.35. The molecule has 24 heavy (non-hydrogen) atoms. The number of rotatable bonds is 4. The summed E-state index contributed by atoms with van der Waals surface area (Å²) in [6.45, 7) is 1.73. The molecule has 0 saturated heterocycles. The smallest absolute Gasteiger partial charge is 0.332 e. The molecule has 0 bridgehead atoms. The minimum absolute atomic E-state index is 0.0920. The first-order chi connectivity index (χ1) is 11.3. The van der Waals surface area contributed by atoms with Crippen molar-refractivity contribution in [3.63, 3.8) is 0 Å². The number of hydrogen-bond donors (Lipinski definition) is 1. The van der Waals surface area contributed by atoms with Crippen LogP contribution >= 0.6 is 0 Å². The van der Waals surface area contributed by atoms with Crippen LogP contribution in [0.3, 0.4) is 0 Å². The molecule has 0 amide bonds. The summed E-state index contributed by atoms with van der Waals surface area (Å²) in [7, 11) is 4.12. The Bertz CT molecular complexity index is 940. The monoisotopic (exact) mass is 332 g/mol. The molecular weight excluding hydrogens is 315 g/mol. The first kappa shape index (κ1) is 17.3. The van der Waals surface area contributed by atoms with Crippen molar-refractivity contribution < 1.29 is 9.13 Å². The summed E-state index contributed by atoms with van der Waals surface area (Å²) in [5, 5.41) is 12.2. The van der Waals surface area contributed by atoms with Gasteiger partial charge < -0.3 is 10.1 Å². The van der Waals surface area contributed by atoms with Gasteiger partial charge in [0.15, 0.2) is 17.1 Å². The molecule has 1 heterocycles. The van der Waals surface area contributed by atoms with Gasteiger partial charge in [-0.15, -0.1) is 0 Å². The van der Waals surface area contributed by atoms with E-state index >= 15 is 0 Å². The van der Waals surface area contributed by atoms with Gasteiger partial charge in [-0.25, -0.2) is 9.18 Å². The van der Waals surface area contributed by atoms with Crippen LogP contribution in [-0.4, -0.2) is 16.2 Å². The fraction of sp³-hybridized carbons (Fsp3) is 0.312. The quantitative estimate of drug-likeness (QED) is 0.911. The third-order valence-electron chi connectivity index (χ3n) is 3.81. The summed E-state index contributed by atoms with van der Waals surface area (Å²) in [6.07, 6.45) is 0. The zero-order valence-corrected chi connectivity index (χ0v) is 13.8. The van der Waals surface area contributed by atoms with E-state index in [0.29, 0.717) is 5.56 Å². The van der Waals surface area contributed by atoms with Gasteiger partial charge in [0.2, 0.25) is 0 Å². The average Bonchev–Trinajstić information content (AvgIpc) is 2.57. The molecule has 0 aliphatic carbocycles. The molecule has 0 saturated carbocycles. The van der Waals surface area contributed by atoms with E-state index in [9.17, 15) is 19.2 Å². The Morgan fingerprint density at radius 1 is 1.29 bits per heavy atom. The lowest BCUT2D eigenvalue weighted by Gasteiger charge is -2.19. The third kappa shape index (κ3) is 2.88. The van der Waals surface area contributed by atoms with Crippen LogP contribution in [0.15, 0.2) is 27.8 Å². The molecule has 0 radical (unpaired) electrons. The number of aromatic nitrogens is 2. The molecule has 1 N–H and O–H groups in total. The van der Waals surface area contributed by atoms with E-state index in [0.717, 1.165) is 4.57 Å². The predicted molar refractivity (Wildman–Crippen MR) is 86.6 cm³/mol. The topological polar surface area (TPSA) is 89.1 Å². The lowest BCUT2D eigenvalue weighted by atomic mass is 10.1. The molecule has 0 aliphatic rings. The number of nitriles is 1. The highest BCUT2D eigenvalue weighted by Crippen LogP contribution is 2.24. The Labute approximate surface area is 137 Å². The first-order valence-electron chi connectivity index (χ1n) is 7.11. The highest BCUT2D eigenvalue weighted by atomic mass is 19.1. The van der Waals surface area contributed by atoms with Crippen LogP contribution in [0.25, 0.3) is 0 Å². The molecule has 126 valence electrons. The Hall–Kier alpha value is -3.08. The standard InChI is InChI=1S/C16H17FN4O3/c1-9(10-5-6-13(24-4)12(17)7-10)19-14-11(8-18)15(22)21(3)16(23)20(14)2/h5-7,9,19H,1-4H3. The van der Waals surface area contributed by atoms with E-state index in [1.54, 1.807) is 13.0 Å². The van der Waals surface area contributed by atoms with Crippen molar-refractivity contribution in [1.82, 2.24) is 9.13 Å². The van der Waals surface area contributed by atoms with Gasteiger partial charge in [0.25, 0.3) is 5.56 Å². The van der Waals surface area contributed by atoms with Crippen LogP contribution in [0.4, 0.5) is 10.2 Å². The van der Waals surface area contributed by atoms with Crippen LogP contribution in [0.5, 0.6) is 5.75 Å². The van der Waals surface area contributed by atoms with Gasteiger partial charge in [-0.1, -0.05) is 6.07 Å². The number of ether oxygens (including phenoxy) is 1. The molecule has 0 aliphatic heterocycles. The summed E-state index contributed by atoms with van der Waals surface area (Å²) >= 11 is 0. The molecule has 0 fully saturated rings. The van der Waals surface area contributed by atoms with Crippen molar-refractivity contribution >= 4 is 5.82 Å². The van der Waals surface area contributed by atoms with Gasteiger partial charge in [-0.2, -0.15) is 5.26 Å². The minimum atomic E-state index is -0.684. The maximum absolute atomic E-state index is 13.8. The van der Waals surface area contributed by atoms with Crippen LogP contribution in [-0.2, 0) is 14.1 Å². The minimum Gasteiger partial charge on any atom is -0.494 e. The normalized spacial score (nSPS) is 11.7. The molecule has 1 aromatic heterocycles. The molecule has 2 rings (SSSR count). The van der Waals surface area contributed by atoms with E-state index in [1.165, 1.54) is 37.9 Å². The Morgan fingerprint density at radius 2 is 1.96 bits per heavy atom. The zero-order chi connectivity index (χ0) is 18.0. The second kappa shape index (κ2) is 6.58. The number of halogens is 1. The average molecular weight is 332 g/mol. The van der Waals surface area contributed by atoms with E-state index in [2.05, 4.69) is 5.32 Å². The molecular formula is C16H17FN4O3. The van der Waals surface area contributed by atoms with Gasteiger partial charge in [0.05, 0.1) is 13.2 Å². The number of benzene rings is 1. The summed E-state index contributed by atoms with van der Waals surface area (Å²) in [5.74, 6) is -0.319. The molecule has 1 atom stereocenters. The molecule has 1 unspecified atom stereocenters. The SMILES string of the molecule is COc1ccc(C(C)Nc2c(C#N)c(=O)n(C)c(=O)n2C)cc1F. The van der Waals surface area contributed by atoms with E-state index in [4.69, 9.17) is 4.74 Å². The van der Waals surface area contributed by atoms with Crippen molar-refractivity contribution in [3.05, 3.63) is 56.0 Å². The summed E-state index contributed by atoms with van der Waals surface area (Å²) in [4.78, 5) is 24.1. The van der Waals surface area contributed by atoms with Gasteiger partial charge in [0.1, 0.15) is 11.9 Å². The van der Waals surface area contributed by atoms with Gasteiger partial charge in [-0.3, -0.25) is 13.9 Å². The molecule has 0 spiro atoms. The largest absolute Gasteiger partial charge is 0.494 e. The van der Waals surface area contributed by atoms with Crippen LogP contribution < -0.4 is 21.3 Å².